The van der Waals surface area contributed by atoms with Gasteiger partial charge in [-0.05, 0) is 58.8 Å². The molecular weight excluding hydrogens is 302 g/mol. The molecule has 0 amide bonds. The lowest BCUT2D eigenvalue weighted by atomic mass is 10.2. The fourth-order valence-corrected chi connectivity index (χ4v) is 4.22. The maximum atomic E-state index is 5.78. The normalized spacial score (nSPS) is 19.7. The molecule has 1 saturated heterocycles. The molecule has 5 heteroatoms. The smallest absolute Gasteiger partial charge is 0.0928 e. The number of hydrogen-bond donors (Lipinski definition) is 0. The Balaban J connectivity index is 1.59. The first-order valence-electron chi connectivity index (χ1n) is 8.14. The van der Waals surface area contributed by atoms with E-state index in [4.69, 9.17) is 11.6 Å². The van der Waals surface area contributed by atoms with Crippen LogP contribution in [0.15, 0.2) is 5.38 Å². The first kappa shape index (κ1) is 17.2. The van der Waals surface area contributed by atoms with Gasteiger partial charge in [-0.3, -0.25) is 4.90 Å². The lowest BCUT2D eigenvalue weighted by Gasteiger charge is -2.27. The van der Waals surface area contributed by atoms with E-state index in [9.17, 15) is 0 Å². The third-order valence-electron chi connectivity index (χ3n) is 4.34. The van der Waals surface area contributed by atoms with Crippen molar-refractivity contribution in [1.82, 2.24) is 14.8 Å². The fraction of sp³-hybridized carbons (Fsp3) is 0.812. The fourth-order valence-electron chi connectivity index (χ4n) is 3.15. The zero-order valence-electron chi connectivity index (χ0n) is 13.4. The van der Waals surface area contributed by atoms with Crippen LogP contribution in [-0.4, -0.2) is 54.1 Å². The number of hydrogen-bond acceptors (Lipinski definition) is 4. The van der Waals surface area contributed by atoms with Gasteiger partial charge in [-0.25, -0.2) is 4.98 Å². The summed E-state index contributed by atoms with van der Waals surface area (Å²) in [6, 6.07) is 0.783. The predicted octanol–water partition coefficient (Wildman–Crippen LogP) is 3.62. The highest BCUT2D eigenvalue weighted by atomic mass is 35.5. The lowest BCUT2D eigenvalue weighted by Crippen LogP contribution is -2.39. The Morgan fingerprint density at radius 1 is 1.48 bits per heavy atom. The number of aromatic nitrogens is 1. The second-order valence-corrected chi connectivity index (χ2v) is 7.22. The minimum absolute atomic E-state index is 0.536. The van der Waals surface area contributed by atoms with Crippen LogP contribution < -0.4 is 0 Å². The molecule has 1 atom stereocenters. The summed E-state index contributed by atoms with van der Waals surface area (Å²) in [6.07, 6.45) is 6.32. The van der Waals surface area contributed by atoms with Gasteiger partial charge in [0.15, 0.2) is 0 Å². The van der Waals surface area contributed by atoms with Gasteiger partial charge >= 0.3 is 0 Å². The van der Waals surface area contributed by atoms with E-state index in [0.29, 0.717) is 5.88 Å². The molecule has 1 aromatic rings. The second-order valence-electron chi connectivity index (χ2n) is 6.01. The quantitative estimate of drug-likeness (QED) is 0.509. The van der Waals surface area contributed by atoms with Crippen molar-refractivity contribution in [2.24, 2.45) is 0 Å². The van der Waals surface area contributed by atoms with Gasteiger partial charge in [-0.1, -0.05) is 6.92 Å². The van der Waals surface area contributed by atoms with E-state index in [0.717, 1.165) is 18.2 Å². The molecule has 1 aromatic heterocycles. The van der Waals surface area contributed by atoms with Crippen molar-refractivity contribution < 1.29 is 0 Å². The molecule has 0 aromatic carbocycles. The SMILES string of the molecule is CCN1CCCC1CN(C)CCCCc1nc(CCl)cs1. The average Bonchev–Trinajstić information content (AvgIpc) is 3.12. The van der Waals surface area contributed by atoms with E-state index >= 15 is 0 Å². The second kappa shape index (κ2) is 9.09. The number of thiazole rings is 1. The highest BCUT2D eigenvalue weighted by molar-refractivity contribution is 7.09. The van der Waals surface area contributed by atoms with Gasteiger partial charge < -0.3 is 4.90 Å². The van der Waals surface area contributed by atoms with E-state index in [1.54, 1.807) is 11.3 Å². The van der Waals surface area contributed by atoms with Gasteiger partial charge in [0.25, 0.3) is 0 Å². The largest absolute Gasteiger partial charge is 0.305 e. The molecule has 1 fully saturated rings. The van der Waals surface area contributed by atoms with Crippen LogP contribution >= 0.6 is 22.9 Å². The number of nitrogens with zero attached hydrogens (tertiary/aromatic N) is 3. The van der Waals surface area contributed by atoms with E-state index in [1.165, 1.54) is 56.9 Å². The minimum Gasteiger partial charge on any atom is -0.305 e. The van der Waals surface area contributed by atoms with Crippen molar-refractivity contribution in [3.8, 4) is 0 Å². The molecule has 2 rings (SSSR count). The standard InChI is InChI=1S/C16H28ClN3S/c1-3-20-10-6-7-15(20)12-19(2)9-5-4-8-16-18-14(11-17)13-21-16/h13,15H,3-12H2,1-2H3. The molecular formula is C16H28ClN3S. The van der Waals surface area contributed by atoms with E-state index in [1.807, 2.05) is 0 Å². The molecule has 3 nitrogen and oxygen atoms in total. The molecule has 0 bridgehead atoms. The summed E-state index contributed by atoms with van der Waals surface area (Å²) in [6.45, 7) is 7.19. The monoisotopic (exact) mass is 329 g/mol. The third kappa shape index (κ3) is 5.51. The summed E-state index contributed by atoms with van der Waals surface area (Å²) in [7, 11) is 2.27. The Bertz CT molecular complexity index is 410. The highest BCUT2D eigenvalue weighted by Crippen LogP contribution is 2.18. The van der Waals surface area contributed by atoms with Gasteiger partial charge in [-0.15, -0.1) is 22.9 Å². The van der Waals surface area contributed by atoms with Crippen LogP contribution in [0.2, 0.25) is 0 Å². The number of likely N-dealkylation sites (N-methyl/N-ethyl adjacent to an activating group) is 2. The van der Waals surface area contributed by atoms with Gasteiger partial charge in [0.05, 0.1) is 16.6 Å². The maximum Gasteiger partial charge on any atom is 0.0928 e. The zero-order chi connectivity index (χ0) is 15.1. The summed E-state index contributed by atoms with van der Waals surface area (Å²) in [4.78, 5) is 9.65. The Morgan fingerprint density at radius 3 is 3.05 bits per heavy atom. The molecule has 0 radical (unpaired) electrons. The van der Waals surface area contributed by atoms with E-state index in [-0.39, 0.29) is 0 Å². The van der Waals surface area contributed by atoms with Gasteiger partial charge in [-0.2, -0.15) is 0 Å². The molecule has 2 heterocycles. The van der Waals surface area contributed by atoms with E-state index < -0.39 is 0 Å². The number of rotatable bonds is 9. The summed E-state index contributed by atoms with van der Waals surface area (Å²) in [5, 5.41) is 3.31. The van der Waals surface area contributed by atoms with Gasteiger partial charge in [0, 0.05) is 18.0 Å². The Morgan fingerprint density at radius 2 is 2.33 bits per heavy atom. The van der Waals surface area contributed by atoms with Crippen molar-refractivity contribution in [3.05, 3.63) is 16.1 Å². The summed E-state index contributed by atoms with van der Waals surface area (Å²) in [5.74, 6) is 0.536. The molecule has 1 aliphatic heterocycles. The first-order chi connectivity index (χ1) is 10.2. The number of halogens is 1. The van der Waals surface area contributed by atoms with Crippen LogP contribution in [0, 0.1) is 0 Å². The third-order valence-corrected chi connectivity index (χ3v) is 5.58. The number of aryl methyl sites for hydroxylation is 1. The molecule has 0 spiro atoms. The molecule has 1 aliphatic rings. The van der Waals surface area contributed by atoms with Crippen LogP contribution in [-0.2, 0) is 12.3 Å². The minimum atomic E-state index is 0.536. The molecule has 21 heavy (non-hydrogen) atoms. The average molecular weight is 330 g/mol. The molecule has 1 unspecified atom stereocenters. The summed E-state index contributed by atoms with van der Waals surface area (Å²) >= 11 is 7.53. The van der Waals surface area contributed by atoms with Crippen molar-refractivity contribution in [1.29, 1.82) is 0 Å². The Hall–Kier alpha value is -0.160. The summed E-state index contributed by atoms with van der Waals surface area (Å²) < 4.78 is 0. The van der Waals surface area contributed by atoms with Crippen LogP contribution in [0.3, 0.4) is 0 Å². The molecule has 120 valence electrons. The number of likely N-dealkylation sites (tertiary alicyclic amines) is 1. The van der Waals surface area contributed by atoms with Crippen LogP contribution in [0.4, 0.5) is 0 Å². The molecule has 0 N–H and O–H groups in total. The topological polar surface area (TPSA) is 19.4 Å². The Labute approximate surface area is 138 Å². The van der Waals surface area contributed by atoms with Crippen molar-refractivity contribution in [2.45, 2.75) is 50.9 Å². The van der Waals surface area contributed by atoms with Crippen LogP contribution in [0.25, 0.3) is 0 Å². The van der Waals surface area contributed by atoms with Gasteiger partial charge in [0.2, 0.25) is 0 Å². The first-order valence-corrected chi connectivity index (χ1v) is 9.56. The number of alkyl halides is 1. The van der Waals surface area contributed by atoms with Crippen molar-refractivity contribution >= 4 is 22.9 Å². The van der Waals surface area contributed by atoms with Crippen molar-refractivity contribution in [3.63, 3.8) is 0 Å². The van der Waals surface area contributed by atoms with Crippen molar-refractivity contribution in [2.75, 3.05) is 33.2 Å². The molecule has 0 saturated carbocycles. The maximum absolute atomic E-state index is 5.78. The Kier molecular flexibility index (Phi) is 7.44. The molecule has 0 aliphatic carbocycles. The number of unbranched alkanes of at least 4 members (excludes halogenated alkanes) is 1. The lowest BCUT2D eigenvalue weighted by molar-refractivity contribution is 0.197. The van der Waals surface area contributed by atoms with Gasteiger partial charge in [0.1, 0.15) is 0 Å². The van der Waals surface area contributed by atoms with Crippen LogP contribution in [0.5, 0.6) is 0 Å². The zero-order valence-corrected chi connectivity index (χ0v) is 14.9. The summed E-state index contributed by atoms with van der Waals surface area (Å²) in [5.41, 5.74) is 1.02. The predicted molar refractivity (Wildman–Crippen MR) is 92.4 cm³/mol. The van der Waals surface area contributed by atoms with E-state index in [2.05, 4.69) is 34.1 Å². The van der Waals surface area contributed by atoms with Crippen LogP contribution in [0.1, 0.15) is 43.3 Å². The highest BCUT2D eigenvalue weighted by Gasteiger charge is 2.23.